The number of rotatable bonds is 10. The van der Waals surface area contributed by atoms with Crippen LogP contribution in [0.1, 0.15) is 16.7 Å². The normalized spacial score (nSPS) is 10.8. The van der Waals surface area contributed by atoms with Gasteiger partial charge in [-0.1, -0.05) is 53.7 Å². The minimum atomic E-state index is -0.308. The molecule has 0 saturated heterocycles. The van der Waals surface area contributed by atoms with Gasteiger partial charge < -0.3 is 14.9 Å². The summed E-state index contributed by atoms with van der Waals surface area (Å²) in [4.78, 5) is 0. The summed E-state index contributed by atoms with van der Waals surface area (Å²) in [5.74, 6) is 1.49. The first-order valence-corrected chi connectivity index (χ1v) is 12.4. The molecular weight excluding hydrogens is 543 g/mol. The molecule has 3 aromatic carbocycles. The third kappa shape index (κ3) is 6.22. The number of methoxy groups -OCH3 is 1. The van der Waals surface area contributed by atoms with Crippen LogP contribution in [-0.2, 0) is 18.9 Å². The molecule has 0 aliphatic carbocycles. The van der Waals surface area contributed by atoms with Crippen molar-refractivity contribution in [3.8, 4) is 11.5 Å². The number of thioether (sulfide) groups is 1. The fraction of sp³-hybridized carbons (Fsp3) is 0.167. The number of ether oxygens (including phenoxy) is 2. The van der Waals surface area contributed by atoms with Gasteiger partial charge in [0.1, 0.15) is 18.8 Å². The SMILES string of the molecule is COc1cc(CNn2cnnc2SCc2ccc(Cl)cc2)cc(Br)c1OCc1ccccc1F. The van der Waals surface area contributed by atoms with Crippen LogP contribution in [-0.4, -0.2) is 22.0 Å². The van der Waals surface area contributed by atoms with Gasteiger partial charge in [0, 0.05) is 16.3 Å². The van der Waals surface area contributed by atoms with Crippen LogP contribution in [0.15, 0.2) is 76.6 Å². The van der Waals surface area contributed by atoms with Gasteiger partial charge in [-0.25, -0.2) is 9.07 Å². The Morgan fingerprint density at radius 3 is 2.68 bits per heavy atom. The molecule has 1 heterocycles. The number of benzene rings is 3. The van der Waals surface area contributed by atoms with Crippen LogP contribution in [0, 0.1) is 5.82 Å². The summed E-state index contributed by atoms with van der Waals surface area (Å²) in [6.07, 6.45) is 1.63. The molecule has 0 aliphatic rings. The number of hydrogen-bond acceptors (Lipinski definition) is 6. The lowest BCUT2D eigenvalue weighted by molar-refractivity contribution is 0.277. The van der Waals surface area contributed by atoms with Crippen molar-refractivity contribution in [2.45, 2.75) is 24.1 Å². The van der Waals surface area contributed by atoms with E-state index in [1.54, 1.807) is 48.1 Å². The van der Waals surface area contributed by atoms with Crippen molar-refractivity contribution in [2.75, 3.05) is 12.5 Å². The lowest BCUT2D eigenvalue weighted by Gasteiger charge is -2.16. The molecule has 1 N–H and O–H groups in total. The molecule has 0 aliphatic heterocycles. The Morgan fingerprint density at radius 1 is 1.12 bits per heavy atom. The summed E-state index contributed by atoms with van der Waals surface area (Å²) in [6.45, 7) is 0.587. The zero-order chi connectivity index (χ0) is 23.9. The summed E-state index contributed by atoms with van der Waals surface area (Å²) < 4.78 is 27.8. The Hall–Kier alpha value is -2.75. The van der Waals surface area contributed by atoms with Crippen molar-refractivity contribution in [1.82, 2.24) is 14.9 Å². The van der Waals surface area contributed by atoms with Crippen LogP contribution < -0.4 is 14.9 Å². The van der Waals surface area contributed by atoms with Crippen LogP contribution in [0.2, 0.25) is 5.02 Å². The number of aromatic nitrogens is 3. The molecule has 4 aromatic rings. The number of halogens is 3. The van der Waals surface area contributed by atoms with Crippen molar-refractivity contribution in [1.29, 1.82) is 0 Å². The average molecular weight is 564 g/mol. The molecule has 0 spiro atoms. The van der Waals surface area contributed by atoms with Gasteiger partial charge in [-0.05, 0) is 57.4 Å². The van der Waals surface area contributed by atoms with Crippen molar-refractivity contribution >= 4 is 39.3 Å². The van der Waals surface area contributed by atoms with Crippen LogP contribution in [0.4, 0.5) is 4.39 Å². The fourth-order valence-corrected chi connectivity index (χ4v) is 4.69. The Bertz CT molecular complexity index is 1260. The van der Waals surface area contributed by atoms with E-state index in [4.69, 9.17) is 21.1 Å². The highest BCUT2D eigenvalue weighted by Crippen LogP contribution is 2.37. The predicted molar refractivity (Wildman–Crippen MR) is 136 cm³/mol. The second-order valence-corrected chi connectivity index (χ2v) is 9.46. The zero-order valence-corrected chi connectivity index (χ0v) is 21.3. The smallest absolute Gasteiger partial charge is 0.210 e. The Kier molecular flexibility index (Phi) is 8.31. The molecule has 0 bridgehead atoms. The third-order valence-corrected chi connectivity index (χ3v) is 6.73. The van der Waals surface area contributed by atoms with Gasteiger partial charge in [-0.2, -0.15) is 0 Å². The van der Waals surface area contributed by atoms with E-state index in [1.165, 1.54) is 6.07 Å². The molecule has 0 unspecified atom stereocenters. The summed E-state index contributed by atoms with van der Waals surface area (Å²) >= 11 is 11.1. The Morgan fingerprint density at radius 2 is 1.91 bits per heavy atom. The van der Waals surface area contributed by atoms with Gasteiger partial charge >= 0.3 is 0 Å². The van der Waals surface area contributed by atoms with Gasteiger partial charge in [0.25, 0.3) is 0 Å². The highest BCUT2D eigenvalue weighted by molar-refractivity contribution is 9.10. The second kappa shape index (κ2) is 11.6. The molecule has 1 aromatic heterocycles. The number of hydrogen-bond donors (Lipinski definition) is 1. The van der Waals surface area contributed by atoms with E-state index in [-0.39, 0.29) is 12.4 Å². The van der Waals surface area contributed by atoms with E-state index in [0.29, 0.717) is 33.1 Å². The highest BCUT2D eigenvalue weighted by atomic mass is 79.9. The van der Waals surface area contributed by atoms with Crippen LogP contribution in [0.25, 0.3) is 0 Å². The maximum atomic E-state index is 13.9. The van der Waals surface area contributed by atoms with Gasteiger partial charge in [0.05, 0.1) is 18.1 Å². The number of nitrogens with one attached hydrogen (secondary N) is 1. The van der Waals surface area contributed by atoms with E-state index < -0.39 is 0 Å². The highest BCUT2D eigenvalue weighted by Gasteiger charge is 2.14. The molecule has 176 valence electrons. The Labute approximate surface area is 214 Å². The quantitative estimate of drug-likeness (QED) is 0.224. The minimum absolute atomic E-state index is 0.0914. The molecule has 10 heteroatoms. The lowest BCUT2D eigenvalue weighted by atomic mass is 10.2. The minimum Gasteiger partial charge on any atom is -0.493 e. The first kappa shape index (κ1) is 24.4. The Balaban J connectivity index is 1.40. The molecule has 34 heavy (non-hydrogen) atoms. The maximum absolute atomic E-state index is 13.9. The van der Waals surface area contributed by atoms with Crippen LogP contribution in [0.5, 0.6) is 11.5 Å². The fourth-order valence-electron chi connectivity index (χ4n) is 3.12. The third-order valence-electron chi connectivity index (χ3n) is 4.87. The molecule has 0 amide bonds. The van der Waals surface area contributed by atoms with Crippen LogP contribution >= 0.6 is 39.3 Å². The summed E-state index contributed by atoms with van der Waals surface area (Å²) in [5, 5.41) is 9.65. The first-order valence-electron chi connectivity index (χ1n) is 10.3. The molecule has 0 atom stereocenters. The van der Waals surface area contributed by atoms with E-state index in [0.717, 1.165) is 22.0 Å². The van der Waals surface area contributed by atoms with E-state index in [2.05, 4.69) is 31.6 Å². The maximum Gasteiger partial charge on any atom is 0.210 e. The first-order chi connectivity index (χ1) is 16.5. The summed E-state index contributed by atoms with van der Waals surface area (Å²) in [5.41, 5.74) is 5.86. The standard InChI is InChI=1S/C24H21BrClFN4O2S/c1-32-22-11-17(10-20(25)23(22)33-13-18-4-2-3-5-21(18)27)12-29-31-15-28-30-24(31)34-14-16-6-8-19(26)9-7-16/h2-11,15,29H,12-14H2,1H3. The molecule has 4 rings (SSSR count). The van der Waals surface area contributed by atoms with E-state index >= 15 is 0 Å². The van der Waals surface area contributed by atoms with Crippen molar-refractivity contribution < 1.29 is 13.9 Å². The van der Waals surface area contributed by atoms with Gasteiger partial charge in [0.2, 0.25) is 5.16 Å². The molecule has 0 saturated carbocycles. The summed E-state index contributed by atoms with van der Waals surface area (Å²) in [6, 6.07) is 18.0. The summed E-state index contributed by atoms with van der Waals surface area (Å²) in [7, 11) is 1.57. The zero-order valence-electron chi connectivity index (χ0n) is 18.2. The predicted octanol–water partition coefficient (Wildman–Crippen LogP) is 6.46. The second-order valence-electron chi connectivity index (χ2n) is 7.22. The van der Waals surface area contributed by atoms with Crippen molar-refractivity contribution in [3.63, 3.8) is 0 Å². The molecule has 0 fully saturated rings. The van der Waals surface area contributed by atoms with Crippen LogP contribution in [0.3, 0.4) is 0 Å². The lowest BCUT2D eigenvalue weighted by Crippen LogP contribution is -2.14. The van der Waals surface area contributed by atoms with E-state index in [1.807, 2.05) is 36.4 Å². The molecule has 0 radical (unpaired) electrons. The average Bonchev–Trinajstić information content (AvgIpc) is 3.29. The largest absolute Gasteiger partial charge is 0.493 e. The van der Waals surface area contributed by atoms with Gasteiger partial charge in [-0.3, -0.25) is 0 Å². The van der Waals surface area contributed by atoms with Gasteiger partial charge in [0.15, 0.2) is 11.5 Å². The molecular formula is C24H21BrClFN4O2S. The van der Waals surface area contributed by atoms with Crippen molar-refractivity contribution in [3.05, 3.63) is 99.0 Å². The van der Waals surface area contributed by atoms with E-state index in [9.17, 15) is 4.39 Å². The van der Waals surface area contributed by atoms with Crippen molar-refractivity contribution in [2.24, 2.45) is 0 Å². The molecule has 6 nitrogen and oxygen atoms in total. The monoisotopic (exact) mass is 562 g/mol. The topological polar surface area (TPSA) is 61.2 Å². The number of nitrogens with zero attached hydrogens (tertiary/aromatic N) is 3. The van der Waals surface area contributed by atoms with Gasteiger partial charge in [-0.15, -0.1) is 10.2 Å².